The quantitative estimate of drug-likeness (QED) is 0.655. The topological polar surface area (TPSA) is 101 Å². The van der Waals surface area contributed by atoms with Crippen molar-refractivity contribution in [2.24, 2.45) is 5.14 Å². The summed E-state index contributed by atoms with van der Waals surface area (Å²) in [4.78, 5) is 21.4. The van der Waals surface area contributed by atoms with Crippen molar-refractivity contribution >= 4 is 28.4 Å². The van der Waals surface area contributed by atoms with Crippen LogP contribution in [0.2, 0.25) is 0 Å². The Bertz CT molecular complexity index is 1050. The molecule has 3 rings (SSSR count). The van der Waals surface area contributed by atoms with Crippen LogP contribution < -0.4 is 15.4 Å². The maximum atomic E-state index is 13.8. The van der Waals surface area contributed by atoms with Crippen molar-refractivity contribution in [1.29, 1.82) is 0 Å². The molecule has 1 aliphatic heterocycles. The van der Waals surface area contributed by atoms with Gasteiger partial charge in [0.1, 0.15) is 22.4 Å². The van der Waals surface area contributed by atoms with Gasteiger partial charge < -0.3 is 10.2 Å². The lowest BCUT2D eigenvalue weighted by atomic mass is 10.1. The molecule has 0 aliphatic carbocycles. The summed E-state index contributed by atoms with van der Waals surface area (Å²) in [5.74, 6) is -5.61. The van der Waals surface area contributed by atoms with E-state index in [2.05, 4.69) is 15.3 Å². The zero-order chi connectivity index (χ0) is 23.7. The minimum Gasteiger partial charge on any atom is -0.356 e. The van der Waals surface area contributed by atoms with E-state index in [0.717, 1.165) is 0 Å². The second kappa shape index (κ2) is 9.06. The SMILES string of the molecule is Cc1nc(C(F)(F)F)nc(N2CCCC(F)(F)CC2)c1C(=O)Nc1cccc([S@](N)=O)c1. The first-order valence-corrected chi connectivity index (χ1v) is 10.7. The zero-order valence-corrected chi connectivity index (χ0v) is 17.7. The molecule has 0 saturated carbocycles. The molecule has 1 atom stereocenters. The van der Waals surface area contributed by atoms with Crippen LogP contribution in [0.4, 0.5) is 33.5 Å². The molecule has 1 amide bonds. The number of aromatic nitrogens is 2. The summed E-state index contributed by atoms with van der Waals surface area (Å²) in [5.41, 5.74) is -0.323. The summed E-state index contributed by atoms with van der Waals surface area (Å²) in [6, 6.07) is 5.78. The molecule has 1 fully saturated rings. The minimum atomic E-state index is -4.89. The Morgan fingerprint density at radius 3 is 2.59 bits per heavy atom. The van der Waals surface area contributed by atoms with Crippen molar-refractivity contribution in [3.63, 3.8) is 0 Å². The summed E-state index contributed by atoms with van der Waals surface area (Å²) in [7, 11) is -1.81. The number of rotatable bonds is 4. The van der Waals surface area contributed by atoms with Crippen LogP contribution in [0, 0.1) is 6.92 Å². The van der Waals surface area contributed by atoms with Gasteiger partial charge in [0, 0.05) is 31.6 Å². The Kier molecular flexibility index (Phi) is 6.79. The van der Waals surface area contributed by atoms with E-state index in [4.69, 9.17) is 5.14 Å². The van der Waals surface area contributed by atoms with Gasteiger partial charge in [-0.05, 0) is 31.5 Å². The Morgan fingerprint density at radius 2 is 1.94 bits per heavy atom. The number of nitrogens with two attached hydrogens (primary N) is 1. The number of aryl methyl sites for hydroxylation is 1. The highest BCUT2D eigenvalue weighted by Gasteiger charge is 2.39. The molecular weight excluding hydrogens is 457 g/mol. The van der Waals surface area contributed by atoms with Gasteiger partial charge >= 0.3 is 6.18 Å². The van der Waals surface area contributed by atoms with Gasteiger partial charge in [-0.3, -0.25) is 4.79 Å². The number of nitrogens with one attached hydrogen (secondary N) is 1. The predicted molar refractivity (Wildman–Crippen MR) is 108 cm³/mol. The third-order valence-electron chi connectivity index (χ3n) is 4.89. The smallest absolute Gasteiger partial charge is 0.356 e. The molecule has 1 saturated heterocycles. The number of amides is 1. The van der Waals surface area contributed by atoms with E-state index in [1.54, 1.807) is 0 Å². The average Bonchev–Trinajstić information content (AvgIpc) is 2.87. The van der Waals surface area contributed by atoms with E-state index in [1.165, 1.54) is 36.1 Å². The molecule has 0 spiro atoms. The van der Waals surface area contributed by atoms with E-state index in [9.17, 15) is 31.0 Å². The van der Waals surface area contributed by atoms with E-state index in [0.29, 0.717) is 0 Å². The maximum absolute atomic E-state index is 13.8. The normalized spacial score (nSPS) is 17.5. The number of benzene rings is 1. The summed E-state index contributed by atoms with van der Waals surface area (Å²) >= 11 is 0. The van der Waals surface area contributed by atoms with Gasteiger partial charge in [-0.15, -0.1) is 0 Å². The second-order valence-electron chi connectivity index (χ2n) is 7.30. The zero-order valence-electron chi connectivity index (χ0n) is 16.9. The Labute approximate surface area is 182 Å². The largest absolute Gasteiger partial charge is 0.451 e. The first-order valence-electron chi connectivity index (χ1n) is 9.53. The molecular formula is C19H20F5N5O2S. The fourth-order valence-corrected chi connectivity index (χ4v) is 3.80. The van der Waals surface area contributed by atoms with Gasteiger partial charge in [0.15, 0.2) is 0 Å². The molecule has 2 heterocycles. The van der Waals surface area contributed by atoms with Crippen LogP contribution in [0.1, 0.15) is 41.1 Å². The molecule has 1 aromatic carbocycles. The van der Waals surface area contributed by atoms with Crippen molar-refractivity contribution in [3.05, 3.63) is 41.3 Å². The van der Waals surface area contributed by atoms with E-state index in [1.807, 2.05) is 0 Å². The molecule has 7 nitrogen and oxygen atoms in total. The minimum absolute atomic E-state index is 0.00522. The molecule has 3 N–H and O–H groups in total. The van der Waals surface area contributed by atoms with Gasteiger partial charge in [0.2, 0.25) is 11.7 Å². The molecule has 13 heteroatoms. The van der Waals surface area contributed by atoms with Crippen LogP contribution in [-0.2, 0) is 17.2 Å². The Morgan fingerprint density at radius 1 is 1.22 bits per heavy atom. The van der Waals surface area contributed by atoms with Crippen LogP contribution >= 0.6 is 0 Å². The Hall–Kier alpha value is -2.67. The number of nitrogens with zero attached hydrogens (tertiary/aromatic N) is 3. The standard InChI is InChI=1S/C19H20F5N5O2S/c1-11-14(16(30)27-12-4-2-5-13(10-12)32(25)31)15(28-17(26-11)19(22,23)24)29-8-3-6-18(20,21)7-9-29/h2,4-5,10H,3,6-9,25H2,1H3,(H,27,30)/t32-/m1/s1. The summed E-state index contributed by atoms with van der Waals surface area (Å²) in [5, 5.41) is 7.83. The van der Waals surface area contributed by atoms with Crippen LogP contribution in [0.5, 0.6) is 0 Å². The highest BCUT2D eigenvalue weighted by atomic mass is 32.2. The van der Waals surface area contributed by atoms with E-state index >= 15 is 0 Å². The first kappa shape index (κ1) is 24.0. The number of alkyl halides is 5. The number of anilines is 2. The summed E-state index contributed by atoms with van der Waals surface area (Å²) in [6.45, 7) is 0.945. The lowest BCUT2D eigenvalue weighted by molar-refractivity contribution is -0.145. The van der Waals surface area contributed by atoms with Crippen LogP contribution in [0.25, 0.3) is 0 Å². The lowest BCUT2D eigenvalue weighted by Crippen LogP contribution is -2.31. The Balaban J connectivity index is 2.03. The van der Waals surface area contributed by atoms with Gasteiger partial charge in [0.25, 0.3) is 5.91 Å². The van der Waals surface area contributed by atoms with Gasteiger partial charge in [-0.25, -0.2) is 28.1 Å². The number of hydrogen-bond donors (Lipinski definition) is 2. The van der Waals surface area contributed by atoms with Crippen molar-refractivity contribution < 1.29 is 31.0 Å². The fraction of sp³-hybridized carbons (Fsp3) is 0.421. The number of halogens is 5. The highest BCUT2D eigenvalue weighted by molar-refractivity contribution is 7.82. The maximum Gasteiger partial charge on any atom is 0.451 e. The molecule has 0 unspecified atom stereocenters. The molecule has 1 aliphatic rings. The average molecular weight is 477 g/mol. The lowest BCUT2D eigenvalue weighted by Gasteiger charge is -2.25. The van der Waals surface area contributed by atoms with Crippen molar-refractivity contribution in [1.82, 2.24) is 9.97 Å². The molecule has 2 aromatic rings. The van der Waals surface area contributed by atoms with Gasteiger partial charge in [-0.1, -0.05) is 6.07 Å². The molecule has 174 valence electrons. The number of hydrogen-bond acceptors (Lipinski definition) is 5. The fourth-order valence-electron chi connectivity index (χ4n) is 3.35. The predicted octanol–water partition coefficient (Wildman–Crippen LogP) is 3.66. The molecule has 1 aromatic heterocycles. The highest BCUT2D eigenvalue weighted by Crippen LogP contribution is 2.34. The molecule has 0 radical (unpaired) electrons. The van der Waals surface area contributed by atoms with Crippen molar-refractivity contribution in [3.8, 4) is 0 Å². The summed E-state index contributed by atoms with van der Waals surface area (Å²) in [6.07, 6.45) is -5.86. The van der Waals surface area contributed by atoms with E-state index in [-0.39, 0.29) is 47.2 Å². The molecule has 32 heavy (non-hydrogen) atoms. The second-order valence-corrected chi connectivity index (χ2v) is 8.37. The first-order chi connectivity index (χ1) is 14.9. The molecule has 0 bridgehead atoms. The van der Waals surface area contributed by atoms with Crippen molar-refractivity contribution in [2.75, 3.05) is 23.3 Å². The van der Waals surface area contributed by atoms with Crippen LogP contribution in [-0.4, -0.2) is 39.1 Å². The number of carbonyl (C=O) groups is 1. The van der Waals surface area contributed by atoms with E-state index < -0.39 is 47.7 Å². The van der Waals surface area contributed by atoms with Crippen LogP contribution in [0.15, 0.2) is 29.2 Å². The number of carbonyl (C=O) groups excluding carboxylic acids is 1. The van der Waals surface area contributed by atoms with Crippen molar-refractivity contribution in [2.45, 2.75) is 43.2 Å². The monoisotopic (exact) mass is 477 g/mol. The van der Waals surface area contributed by atoms with Crippen LogP contribution in [0.3, 0.4) is 0 Å². The van der Waals surface area contributed by atoms with Gasteiger partial charge in [0.05, 0.1) is 10.6 Å². The van der Waals surface area contributed by atoms with Gasteiger partial charge in [-0.2, -0.15) is 13.2 Å². The summed E-state index contributed by atoms with van der Waals surface area (Å²) < 4.78 is 79.0. The third kappa shape index (κ3) is 5.57. The third-order valence-corrected chi connectivity index (χ3v) is 5.61.